The fraction of sp³-hybridized carbons (Fsp3) is 0.605. The number of carbonyl (C=O) groups is 3. The Bertz CT molecular complexity index is 1690. The molecule has 0 saturated carbocycles. The zero-order chi connectivity index (χ0) is 38.3. The minimum Gasteiger partial charge on any atom is -0.507 e. The first-order valence-electron chi connectivity index (χ1n) is 18.7. The van der Waals surface area contributed by atoms with Crippen LogP contribution in [0.25, 0.3) is 0 Å². The molecule has 2 N–H and O–H groups in total. The number of methoxy groups -OCH3 is 1. The Morgan fingerprint density at radius 2 is 1.53 bits per heavy atom. The Morgan fingerprint density at radius 3 is 2.13 bits per heavy atom. The summed E-state index contributed by atoms with van der Waals surface area (Å²) in [5.74, 6) is 1.39. The number of amides is 4. The molecule has 53 heavy (non-hydrogen) atoms. The highest BCUT2D eigenvalue weighted by molar-refractivity contribution is 9.10. The molecule has 4 amide bonds. The normalized spacial score (nSPS) is 20.2. The maximum atomic E-state index is 12.9. The number of aromatic hydroxyl groups is 1. The second kappa shape index (κ2) is 18.3. The molecular weight excluding hydrogens is 764 g/mol. The molecule has 4 aliphatic heterocycles. The molecule has 0 unspecified atom stereocenters. The Kier molecular flexibility index (Phi) is 14.1. The largest absolute Gasteiger partial charge is 0.507 e. The zero-order valence-electron chi connectivity index (χ0n) is 31.4. The van der Waals surface area contributed by atoms with E-state index in [1.807, 2.05) is 47.1 Å². The number of para-hydroxylation sites is 1. The van der Waals surface area contributed by atoms with Gasteiger partial charge in [0.25, 0.3) is 10.2 Å². The summed E-state index contributed by atoms with van der Waals surface area (Å²) in [6.07, 6.45) is 6.59. The van der Waals surface area contributed by atoms with Gasteiger partial charge in [0.2, 0.25) is 5.91 Å². The van der Waals surface area contributed by atoms with E-state index in [-0.39, 0.29) is 35.7 Å². The molecule has 0 aromatic heterocycles. The average Bonchev–Trinajstić information content (AvgIpc) is 3.34. The van der Waals surface area contributed by atoms with Crippen molar-refractivity contribution in [2.75, 3.05) is 72.3 Å². The highest BCUT2D eigenvalue weighted by atomic mass is 79.9. The minimum atomic E-state index is -3.32. The highest BCUT2D eigenvalue weighted by Gasteiger charge is 2.36. The van der Waals surface area contributed by atoms with Crippen molar-refractivity contribution in [2.24, 2.45) is 17.8 Å². The van der Waals surface area contributed by atoms with E-state index in [1.54, 1.807) is 29.4 Å². The van der Waals surface area contributed by atoms with Crippen molar-refractivity contribution in [3.63, 3.8) is 0 Å². The van der Waals surface area contributed by atoms with Gasteiger partial charge in [-0.2, -0.15) is 17.0 Å². The van der Waals surface area contributed by atoms with Crippen LogP contribution in [0.5, 0.6) is 5.75 Å². The van der Waals surface area contributed by atoms with Gasteiger partial charge in [0.05, 0.1) is 11.6 Å². The van der Waals surface area contributed by atoms with Gasteiger partial charge in [-0.15, -0.1) is 0 Å². The number of fused-ring (bicyclic) bond motifs is 1. The predicted molar refractivity (Wildman–Crippen MR) is 208 cm³/mol. The summed E-state index contributed by atoms with van der Waals surface area (Å²) in [6, 6.07) is 13.4. The molecule has 292 valence electrons. The van der Waals surface area contributed by atoms with Gasteiger partial charge in [-0.1, -0.05) is 31.2 Å². The molecule has 0 radical (unpaired) electrons. The highest BCUT2D eigenvalue weighted by Crippen LogP contribution is 2.34. The lowest BCUT2D eigenvalue weighted by Gasteiger charge is -2.40. The third-order valence-corrected chi connectivity index (χ3v) is 13.8. The summed E-state index contributed by atoms with van der Waals surface area (Å²) in [4.78, 5) is 42.5. The van der Waals surface area contributed by atoms with Crippen molar-refractivity contribution in [2.45, 2.75) is 64.3 Å². The van der Waals surface area contributed by atoms with Gasteiger partial charge < -0.3 is 29.9 Å². The van der Waals surface area contributed by atoms with Gasteiger partial charge in [-0.05, 0) is 108 Å². The summed E-state index contributed by atoms with van der Waals surface area (Å²) in [7, 11) is 1.24. The van der Waals surface area contributed by atoms with E-state index < -0.39 is 10.2 Å². The lowest BCUT2D eigenvalue weighted by molar-refractivity contribution is -0.136. The molecule has 4 heterocycles. The first-order chi connectivity index (χ1) is 25.3. The first kappa shape index (κ1) is 40.8. The number of benzene rings is 2. The third-order valence-electron chi connectivity index (χ3n) is 11.3. The average molecular weight is 820 g/mol. The van der Waals surface area contributed by atoms with Crippen LogP contribution in [0.1, 0.15) is 56.6 Å². The number of rotatable bonds is 7. The quantitative estimate of drug-likeness (QED) is 0.381. The number of carbonyl (C=O) groups excluding carboxylic acids is 3. The zero-order valence-corrected chi connectivity index (χ0v) is 33.8. The summed E-state index contributed by atoms with van der Waals surface area (Å²) in [5, 5.41) is 12.6. The summed E-state index contributed by atoms with van der Waals surface area (Å²) in [5.41, 5.74) is 3.10. The number of phenolic OH excluding ortho intramolecular Hbond substituents is 1. The number of phenols is 1. The predicted octanol–water partition coefficient (Wildman–Crippen LogP) is 5.40. The third kappa shape index (κ3) is 10.2. The van der Waals surface area contributed by atoms with E-state index in [0.29, 0.717) is 55.5 Å². The van der Waals surface area contributed by atoms with Crippen molar-refractivity contribution in [1.82, 2.24) is 23.3 Å². The molecule has 0 spiro atoms. The molecule has 4 aliphatic rings. The van der Waals surface area contributed by atoms with Crippen molar-refractivity contribution in [3.8, 4) is 5.75 Å². The smallest absolute Gasteiger partial charge is 0.409 e. The minimum absolute atomic E-state index is 0.0403. The molecule has 13 nitrogen and oxygen atoms in total. The number of urea groups is 1. The van der Waals surface area contributed by atoms with Crippen LogP contribution in [0.4, 0.5) is 15.3 Å². The molecule has 1 atom stereocenters. The van der Waals surface area contributed by atoms with E-state index in [0.717, 1.165) is 69.3 Å². The van der Waals surface area contributed by atoms with Gasteiger partial charge >= 0.3 is 12.1 Å². The first-order valence-corrected chi connectivity index (χ1v) is 20.9. The van der Waals surface area contributed by atoms with Crippen LogP contribution in [-0.2, 0) is 32.6 Å². The number of hydrogen-bond acceptors (Lipinski definition) is 7. The van der Waals surface area contributed by atoms with Crippen LogP contribution >= 0.6 is 15.9 Å². The number of anilines is 1. The number of likely N-dealkylation sites (tertiary alicyclic amines) is 2. The Morgan fingerprint density at radius 1 is 0.925 bits per heavy atom. The summed E-state index contributed by atoms with van der Waals surface area (Å²) in [6.45, 7) is 6.68. The van der Waals surface area contributed by atoms with E-state index in [1.165, 1.54) is 17.0 Å². The lowest BCUT2D eigenvalue weighted by atomic mass is 9.79. The molecule has 3 saturated heterocycles. The fourth-order valence-electron chi connectivity index (χ4n) is 8.06. The fourth-order valence-corrected chi connectivity index (χ4v) is 9.62. The number of hydrogen-bond donors (Lipinski definition) is 2. The second-order valence-corrected chi connectivity index (χ2v) is 17.8. The molecular formula is C38H55BrN6O7S. The topological polar surface area (TPSA) is 143 Å². The Labute approximate surface area is 322 Å². The van der Waals surface area contributed by atoms with Crippen LogP contribution in [0, 0.1) is 17.8 Å². The van der Waals surface area contributed by atoms with E-state index >= 15 is 0 Å². The summed E-state index contributed by atoms with van der Waals surface area (Å²) < 4.78 is 32.9. The van der Waals surface area contributed by atoms with Crippen LogP contribution in [-0.4, -0.2) is 128 Å². The summed E-state index contributed by atoms with van der Waals surface area (Å²) >= 11 is 3.33. The molecule has 6 rings (SSSR count). The monoisotopic (exact) mass is 818 g/mol. The van der Waals surface area contributed by atoms with Crippen LogP contribution in [0.15, 0.2) is 46.9 Å². The second-order valence-electron chi connectivity index (χ2n) is 14.8. The number of ether oxygens (including phenoxy) is 1. The van der Waals surface area contributed by atoms with Crippen LogP contribution in [0.2, 0.25) is 0 Å². The SMILES string of the molecule is COC(=O)N1CCC(N2CCc3ccccc3NC2=O)CC1.C[C@H](Cc1ccc(O)c(Br)c1)C(=O)N1CCC(C2CCN(S(=O)(=O)N(C)C)CC2)CC1. The van der Waals surface area contributed by atoms with Crippen molar-refractivity contribution < 1.29 is 32.6 Å². The molecule has 0 aliphatic carbocycles. The maximum Gasteiger partial charge on any atom is 0.409 e. The van der Waals surface area contributed by atoms with Gasteiger partial charge in [0, 0.05) is 77.6 Å². The lowest BCUT2D eigenvalue weighted by Crippen LogP contribution is -2.50. The van der Waals surface area contributed by atoms with E-state index in [2.05, 4.69) is 27.3 Å². The number of piperidine rings is 3. The molecule has 15 heteroatoms. The van der Waals surface area contributed by atoms with E-state index in [4.69, 9.17) is 4.74 Å². The van der Waals surface area contributed by atoms with Crippen LogP contribution < -0.4 is 5.32 Å². The van der Waals surface area contributed by atoms with Gasteiger partial charge in [0.15, 0.2) is 0 Å². The van der Waals surface area contributed by atoms with Crippen molar-refractivity contribution in [3.05, 3.63) is 58.1 Å². The van der Waals surface area contributed by atoms with Crippen molar-refractivity contribution in [1.29, 1.82) is 0 Å². The number of halogens is 1. The van der Waals surface area contributed by atoms with Gasteiger partial charge in [0.1, 0.15) is 5.75 Å². The maximum absolute atomic E-state index is 12.9. The standard InChI is InChI=1S/C22H34BrN3O4S.C16H21N3O3/c1-16(14-17-4-5-21(27)20(23)15-17)22(28)25-10-6-18(7-11-25)19-8-12-26(13-9-19)31(29,30)24(2)3;1-22-16(21)18-9-7-13(8-10-18)19-11-6-12-4-2-3-5-14(12)17-15(19)20/h4-5,15-16,18-19,27H,6-14H2,1-3H3;2-5,13H,6-11H2,1H3,(H,17,20)/t16-;/m1./s1. The molecule has 2 aromatic rings. The number of nitrogens with one attached hydrogen (secondary N) is 1. The Hall–Kier alpha value is -3.40. The van der Waals surface area contributed by atoms with Gasteiger partial charge in [-0.25, -0.2) is 9.59 Å². The molecule has 0 bridgehead atoms. The molecule has 3 fully saturated rings. The van der Waals surface area contributed by atoms with E-state index in [9.17, 15) is 27.9 Å². The van der Waals surface area contributed by atoms with Crippen molar-refractivity contribution >= 4 is 49.9 Å². The van der Waals surface area contributed by atoms with Crippen LogP contribution in [0.3, 0.4) is 0 Å². The molecule has 2 aromatic carbocycles. The van der Waals surface area contributed by atoms with Gasteiger partial charge in [-0.3, -0.25) is 4.79 Å². The number of nitrogens with zero attached hydrogens (tertiary/aromatic N) is 5. The Balaban J connectivity index is 0.000000216.